The number of rotatable bonds is 6. The van der Waals surface area contributed by atoms with E-state index in [1.54, 1.807) is 12.1 Å². The number of hydrogen-bond acceptors (Lipinski definition) is 3. The van der Waals surface area contributed by atoms with Crippen molar-refractivity contribution >= 4 is 12.0 Å². The molecule has 0 spiro atoms. The van der Waals surface area contributed by atoms with Gasteiger partial charge in [0.2, 0.25) is 0 Å². The normalized spacial score (nSPS) is 9.81. The van der Waals surface area contributed by atoms with Crippen LogP contribution in [0.1, 0.15) is 35.8 Å². The number of hydrogen-bond donors (Lipinski definition) is 1. The molecule has 1 rings (SSSR count). The third-order valence-corrected chi connectivity index (χ3v) is 2.10. The maximum absolute atomic E-state index is 10.9. The number of carbonyl (C=O) groups is 1. The topological polar surface area (TPSA) is 59.4 Å². The molecule has 0 radical (unpaired) electrons. The first-order valence-electron chi connectivity index (χ1n) is 5.18. The van der Waals surface area contributed by atoms with Gasteiger partial charge in [-0.05, 0) is 12.5 Å². The molecule has 0 saturated carbocycles. The van der Waals surface area contributed by atoms with Crippen LogP contribution >= 0.6 is 0 Å². The van der Waals surface area contributed by atoms with Gasteiger partial charge in [0.15, 0.2) is 11.4 Å². The van der Waals surface area contributed by atoms with Crippen LogP contribution in [0.4, 0.5) is 0 Å². The van der Waals surface area contributed by atoms with Gasteiger partial charge in [0, 0.05) is 11.8 Å². The van der Waals surface area contributed by atoms with Crippen LogP contribution in [0, 0.1) is 0 Å². The Morgan fingerprint density at radius 2 is 2.44 bits per heavy atom. The van der Waals surface area contributed by atoms with Gasteiger partial charge < -0.3 is 9.84 Å². The molecule has 1 aromatic rings. The van der Waals surface area contributed by atoms with Crippen molar-refractivity contribution in [1.82, 2.24) is 4.98 Å². The highest BCUT2D eigenvalue weighted by molar-refractivity contribution is 5.90. The molecular weight excluding hydrogens is 206 g/mol. The molecular formula is C12H15NO3. The minimum atomic E-state index is -1.09. The van der Waals surface area contributed by atoms with E-state index in [0.29, 0.717) is 17.9 Å². The van der Waals surface area contributed by atoms with Gasteiger partial charge in [0.05, 0.1) is 6.61 Å². The Labute approximate surface area is 94.6 Å². The summed E-state index contributed by atoms with van der Waals surface area (Å²) in [6.07, 6.45) is 4.87. The molecule has 0 aliphatic carbocycles. The predicted octanol–water partition coefficient (Wildman–Crippen LogP) is 2.60. The molecule has 1 N–H and O–H groups in total. The molecule has 16 heavy (non-hydrogen) atoms. The Morgan fingerprint density at radius 1 is 1.69 bits per heavy atom. The average molecular weight is 221 g/mol. The summed E-state index contributed by atoms with van der Waals surface area (Å²) in [5, 5.41) is 8.97. The lowest BCUT2D eigenvalue weighted by atomic mass is 10.2. The van der Waals surface area contributed by atoms with E-state index >= 15 is 0 Å². The zero-order valence-electron chi connectivity index (χ0n) is 9.27. The average Bonchev–Trinajstić information content (AvgIpc) is 2.29. The summed E-state index contributed by atoms with van der Waals surface area (Å²) in [4.78, 5) is 14.7. The molecule has 0 fully saturated rings. The molecule has 4 nitrogen and oxygen atoms in total. The van der Waals surface area contributed by atoms with Crippen molar-refractivity contribution in [3.8, 4) is 5.75 Å². The lowest BCUT2D eigenvalue weighted by molar-refractivity contribution is 0.0685. The van der Waals surface area contributed by atoms with Crippen molar-refractivity contribution in [2.45, 2.75) is 19.8 Å². The predicted molar refractivity (Wildman–Crippen MR) is 61.7 cm³/mol. The van der Waals surface area contributed by atoms with Crippen molar-refractivity contribution in [2.75, 3.05) is 6.61 Å². The molecule has 86 valence electrons. The highest BCUT2D eigenvalue weighted by atomic mass is 16.5. The first kappa shape index (κ1) is 12.2. The number of carboxylic acid groups (broad SMARTS) is 1. The Hall–Kier alpha value is -1.84. The maximum Gasteiger partial charge on any atom is 0.358 e. The lowest BCUT2D eigenvalue weighted by Crippen LogP contribution is -2.08. The summed E-state index contributed by atoms with van der Waals surface area (Å²) >= 11 is 0. The summed E-state index contributed by atoms with van der Waals surface area (Å²) in [7, 11) is 0. The molecule has 0 bridgehead atoms. The number of unbranched alkanes of at least 4 members (excludes halogenated alkanes) is 1. The molecule has 0 unspecified atom stereocenters. The smallest absolute Gasteiger partial charge is 0.358 e. The number of aromatic nitrogens is 1. The number of nitrogens with zero attached hydrogens (tertiary/aromatic N) is 1. The minimum Gasteiger partial charge on any atom is -0.490 e. The first-order chi connectivity index (χ1) is 7.70. The highest BCUT2D eigenvalue weighted by Crippen LogP contribution is 2.23. The summed E-state index contributed by atoms with van der Waals surface area (Å²) in [6.45, 7) is 6.15. The second kappa shape index (κ2) is 5.90. The second-order valence-electron chi connectivity index (χ2n) is 3.29. The molecule has 0 aromatic carbocycles. The van der Waals surface area contributed by atoms with Crippen LogP contribution in [-0.4, -0.2) is 22.7 Å². The summed E-state index contributed by atoms with van der Waals surface area (Å²) in [6, 6.07) is 1.68. The Kier molecular flexibility index (Phi) is 4.51. The van der Waals surface area contributed by atoms with E-state index in [-0.39, 0.29) is 5.69 Å². The van der Waals surface area contributed by atoms with Crippen LogP contribution in [0.15, 0.2) is 18.8 Å². The molecule has 0 atom stereocenters. The monoisotopic (exact) mass is 221 g/mol. The van der Waals surface area contributed by atoms with Gasteiger partial charge in [0.1, 0.15) is 0 Å². The van der Waals surface area contributed by atoms with Crippen molar-refractivity contribution < 1.29 is 14.6 Å². The van der Waals surface area contributed by atoms with Crippen LogP contribution in [0.5, 0.6) is 5.75 Å². The highest BCUT2D eigenvalue weighted by Gasteiger charge is 2.15. The van der Waals surface area contributed by atoms with E-state index in [9.17, 15) is 4.79 Å². The summed E-state index contributed by atoms with van der Waals surface area (Å²) < 4.78 is 5.45. The quantitative estimate of drug-likeness (QED) is 0.750. The fourth-order valence-corrected chi connectivity index (χ4v) is 1.25. The van der Waals surface area contributed by atoms with Crippen LogP contribution in [0.25, 0.3) is 6.08 Å². The van der Waals surface area contributed by atoms with Crippen molar-refractivity contribution in [1.29, 1.82) is 0 Å². The van der Waals surface area contributed by atoms with Crippen LogP contribution < -0.4 is 4.74 Å². The van der Waals surface area contributed by atoms with Crippen molar-refractivity contribution in [3.63, 3.8) is 0 Å². The van der Waals surface area contributed by atoms with Crippen LogP contribution in [0.3, 0.4) is 0 Å². The summed E-state index contributed by atoms with van der Waals surface area (Å²) in [5.74, 6) is -0.784. The first-order valence-corrected chi connectivity index (χ1v) is 5.18. The number of aromatic carboxylic acids is 1. The Bertz CT molecular complexity index is 388. The van der Waals surface area contributed by atoms with E-state index in [1.165, 1.54) is 6.20 Å². The van der Waals surface area contributed by atoms with E-state index in [1.807, 2.05) is 6.92 Å². The molecule has 0 amide bonds. The van der Waals surface area contributed by atoms with Gasteiger partial charge in [-0.3, -0.25) is 0 Å². The molecule has 0 aliphatic heterocycles. The van der Waals surface area contributed by atoms with E-state index < -0.39 is 5.97 Å². The van der Waals surface area contributed by atoms with Gasteiger partial charge in [-0.25, -0.2) is 9.78 Å². The minimum absolute atomic E-state index is 0.0616. The molecule has 1 heterocycles. The molecule has 4 heteroatoms. The van der Waals surface area contributed by atoms with Crippen LogP contribution in [0.2, 0.25) is 0 Å². The zero-order valence-corrected chi connectivity index (χ0v) is 9.27. The van der Waals surface area contributed by atoms with E-state index in [0.717, 1.165) is 12.8 Å². The number of pyridine rings is 1. The van der Waals surface area contributed by atoms with Crippen molar-refractivity contribution in [2.24, 2.45) is 0 Å². The Balaban J connectivity index is 3.00. The SMILES string of the molecule is C=Cc1ccnc(C(=O)O)c1OCCCC. The van der Waals surface area contributed by atoms with Gasteiger partial charge in [-0.1, -0.05) is 26.0 Å². The maximum atomic E-state index is 10.9. The third kappa shape index (κ3) is 2.82. The fraction of sp³-hybridized carbons (Fsp3) is 0.333. The number of carboxylic acids is 1. The summed E-state index contributed by atoms with van der Waals surface area (Å²) in [5.41, 5.74) is 0.594. The van der Waals surface area contributed by atoms with Crippen molar-refractivity contribution in [3.05, 3.63) is 30.1 Å². The Morgan fingerprint density at radius 3 is 3.00 bits per heavy atom. The molecule has 0 saturated heterocycles. The number of ether oxygens (including phenoxy) is 1. The molecule has 1 aromatic heterocycles. The van der Waals surface area contributed by atoms with Gasteiger partial charge in [0.25, 0.3) is 0 Å². The van der Waals surface area contributed by atoms with E-state index in [4.69, 9.17) is 9.84 Å². The van der Waals surface area contributed by atoms with Gasteiger partial charge in [-0.15, -0.1) is 0 Å². The third-order valence-electron chi connectivity index (χ3n) is 2.10. The van der Waals surface area contributed by atoms with Gasteiger partial charge >= 0.3 is 5.97 Å². The standard InChI is InChI=1S/C12H15NO3/c1-3-5-8-16-11-9(4-2)6-7-13-10(11)12(14)15/h4,6-7H,2-3,5,8H2,1H3,(H,14,15). The largest absolute Gasteiger partial charge is 0.490 e. The van der Waals surface area contributed by atoms with E-state index in [2.05, 4.69) is 11.6 Å². The second-order valence-corrected chi connectivity index (χ2v) is 3.29. The molecule has 0 aliphatic rings. The van der Waals surface area contributed by atoms with Gasteiger partial charge in [-0.2, -0.15) is 0 Å². The lowest BCUT2D eigenvalue weighted by Gasteiger charge is -2.10. The fourth-order valence-electron chi connectivity index (χ4n) is 1.25. The zero-order chi connectivity index (χ0) is 12.0. The van der Waals surface area contributed by atoms with Crippen LogP contribution in [-0.2, 0) is 0 Å².